The van der Waals surface area contributed by atoms with Crippen LogP contribution in [0.4, 0.5) is 0 Å². The quantitative estimate of drug-likeness (QED) is 0.171. The van der Waals surface area contributed by atoms with Gasteiger partial charge in [0.1, 0.15) is 18.1 Å². The molecule has 4 amide bonds. The molecule has 13 heteroatoms. The van der Waals surface area contributed by atoms with Gasteiger partial charge in [0, 0.05) is 0 Å². The minimum Gasteiger partial charge on any atom is -0.480 e. The Bertz CT molecular complexity index is 553. The summed E-state index contributed by atoms with van der Waals surface area (Å²) in [6, 6.07) is -4.42. The number of carbonyl (C=O) groups is 5. The third-order valence-corrected chi connectivity index (χ3v) is 3.10. The van der Waals surface area contributed by atoms with Gasteiger partial charge >= 0.3 is 5.97 Å². The third-order valence-electron chi connectivity index (χ3n) is 3.10. The molecule has 148 valence electrons. The summed E-state index contributed by atoms with van der Waals surface area (Å²) in [5.41, 5.74) is 10.2. The van der Waals surface area contributed by atoms with Crippen molar-refractivity contribution in [1.29, 1.82) is 0 Å². The van der Waals surface area contributed by atoms with Gasteiger partial charge in [-0.05, 0) is 6.92 Å². The molecule has 0 spiro atoms. The lowest BCUT2D eigenvalue weighted by Gasteiger charge is -2.20. The van der Waals surface area contributed by atoms with Crippen molar-refractivity contribution in [2.45, 2.75) is 37.6 Å². The zero-order chi connectivity index (χ0) is 20.4. The van der Waals surface area contributed by atoms with E-state index in [4.69, 9.17) is 26.8 Å². The first kappa shape index (κ1) is 23.2. The summed E-state index contributed by atoms with van der Waals surface area (Å²) in [7, 11) is 0. The predicted molar refractivity (Wildman–Crippen MR) is 85.1 cm³/mol. The van der Waals surface area contributed by atoms with Crippen LogP contribution in [-0.2, 0) is 24.0 Å². The standard InChI is InChI=1S/C13H23N5O8/c1-5(20)10(15)12(24)16-3-9(22)17-7(4-19)11(23)18-6(13(25)26)2-8(14)21/h5-7,10,19-20H,2-4,15H2,1H3,(H2,14,21)(H,16,24)(H,17,22)(H,18,23)(H,25,26). The molecule has 0 aliphatic heterocycles. The molecule has 0 bridgehead atoms. The van der Waals surface area contributed by atoms with Crippen molar-refractivity contribution in [1.82, 2.24) is 16.0 Å². The molecule has 0 rings (SSSR count). The van der Waals surface area contributed by atoms with Crippen molar-refractivity contribution >= 4 is 29.6 Å². The van der Waals surface area contributed by atoms with Crippen molar-refractivity contribution in [2.75, 3.05) is 13.2 Å². The molecule has 0 saturated carbocycles. The summed E-state index contributed by atoms with van der Waals surface area (Å²) < 4.78 is 0. The van der Waals surface area contributed by atoms with E-state index in [0.29, 0.717) is 0 Å². The SMILES string of the molecule is CC(O)C(N)C(=O)NCC(=O)NC(CO)C(=O)NC(CC(N)=O)C(=O)O. The molecule has 0 aromatic carbocycles. The fourth-order valence-corrected chi connectivity index (χ4v) is 1.62. The van der Waals surface area contributed by atoms with Crippen LogP contribution in [0.1, 0.15) is 13.3 Å². The van der Waals surface area contributed by atoms with Crippen LogP contribution in [0.15, 0.2) is 0 Å². The highest BCUT2D eigenvalue weighted by Gasteiger charge is 2.27. The number of aliphatic carboxylic acids is 1. The summed E-state index contributed by atoms with van der Waals surface area (Å²) in [6.07, 6.45) is -1.83. The fraction of sp³-hybridized carbons (Fsp3) is 0.615. The Morgan fingerprint density at radius 2 is 1.62 bits per heavy atom. The summed E-state index contributed by atoms with van der Waals surface area (Å²) in [5, 5.41) is 33.3. The number of nitrogens with two attached hydrogens (primary N) is 2. The Hall–Kier alpha value is -2.77. The average Bonchev–Trinajstić information content (AvgIpc) is 2.55. The van der Waals surface area contributed by atoms with Gasteiger partial charge in [-0.15, -0.1) is 0 Å². The number of carbonyl (C=O) groups excluding carboxylic acids is 4. The van der Waals surface area contributed by atoms with Crippen molar-refractivity contribution < 1.29 is 39.3 Å². The second-order valence-corrected chi connectivity index (χ2v) is 5.36. The maximum Gasteiger partial charge on any atom is 0.326 e. The van der Waals surface area contributed by atoms with Crippen LogP contribution in [-0.4, -0.2) is 82.3 Å². The number of aliphatic hydroxyl groups excluding tert-OH is 2. The number of amides is 4. The lowest BCUT2D eigenvalue weighted by atomic mass is 10.1. The molecular weight excluding hydrogens is 354 g/mol. The van der Waals surface area contributed by atoms with Crippen molar-refractivity contribution in [3.8, 4) is 0 Å². The van der Waals surface area contributed by atoms with E-state index >= 15 is 0 Å². The highest BCUT2D eigenvalue weighted by atomic mass is 16.4. The molecular formula is C13H23N5O8. The third kappa shape index (κ3) is 8.36. The van der Waals surface area contributed by atoms with Crippen LogP contribution < -0.4 is 27.4 Å². The van der Waals surface area contributed by atoms with Gasteiger partial charge in [0.2, 0.25) is 23.6 Å². The highest BCUT2D eigenvalue weighted by Crippen LogP contribution is 1.94. The number of nitrogens with one attached hydrogen (secondary N) is 3. The first-order valence-electron chi connectivity index (χ1n) is 7.42. The molecule has 0 saturated heterocycles. The number of hydrogen-bond donors (Lipinski definition) is 8. The lowest BCUT2D eigenvalue weighted by molar-refractivity contribution is -0.144. The Labute approximate surface area is 148 Å². The number of rotatable bonds is 11. The van der Waals surface area contributed by atoms with Crippen LogP contribution in [0.25, 0.3) is 0 Å². The number of primary amides is 1. The topological polar surface area (TPSA) is 234 Å². The zero-order valence-corrected chi connectivity index (χ0v) is 14.0. The van der Waals surface area contributed by atoms with Gasteiger partial charge in [0.05, 0.1) is 25.7 Å². The first-order chi connectivity index (χ1) is 12.0. The Morgan fingerprint density at radius 3 is 2.04 bits per heavy atom. The van der Waals surface area contributed by atoms with Crippen LogP contribution in [0.5, 0.6) is 0 Å². The average molecular weight is 377 g/mol. The number of aliphatic hydroxyl groups is 2. The molecule has 0 aliphatic rings. The van der Waals surface area contributed by atoms with Gasteiger partial charge in [0.15, 0.2) is 0 Å². The van der Waals surface area contributed by atoms with Crippen LogP contribution >= 0.6 is 0 Å². The predicted octanol–water partition coefficient (Wildman–Crippen LogP) is -5.27. The minimum atomic E-state index is -1.63. The number of carboxylic acids is 1. The van der Waals surface area contributed by atoms with Gasteiger partial charge < -0.3 is 42.7 Å². The molecule has 4 unspecified atom stereocenters. The van der Waals surface area contributed by atoms with Crippen LogP contribution in [0, 0.1) is 0 Å². The first-order valence-corrected chi connectivity index (χ1v) is 7.42. The molecule has 0 aromatic rings. The number of hydrogen-bond acceptors (Lipinski definition) is 8. The number of carboxylic acid groups (broad SMARTS) is 1. The zero-order valence-electron chi connectivity index (χ0n) is 14.0. The smallest absolute Gasteiger partial charge is 0.326 e. The second kappa shape index (κ2) is 11.0. The molecule has 26 heavy (non-hydrogen) atoms. The van der Waals surface area contributed by atoms with E-state index in [1.54, 1.807) is 0 Å². The second-order valence-electron chi connectivity index (χ2n) is 5.36. The van der Waals surface area contributed by atoms with Gasteiger partial charge in [-0.2, -0.15) is 0 Å². The van der Waals surface area contributed by atoms with Crippen LogP contribution in [0.2, 0.25) is 0 Å². The minimum absolute atomic E-state index is 0.604. The van der Waals surface area contributed by atoms with Gasteiger partial charge in [-0.1, -0.05) is 0 Å². The molecule has 4 atom stereocenters. The maximum absolute atomic E-state index is 11.9. The van der Waals surface area contributed by atoms with E-state index in [1.807, 2.05) is 5.32 Å². The molecule has 13 nitrogen and oxygen atoms in total. The van der Waals surface area contributed by atoms with E-state index < -0.39 is 73.4 Å². The Balaban J connectivity index is 4.65. The molecule has 0 radical (unpaired) electrons. The molecule has 0 fully saturated rings. The van der Waals surface area contributed by atoms with Gasteiger partial charge in [-0.3, -0.25) is 19.2 Å². The monoisotopic (exact) mass is 377 g/mol. The van der Waals surface area contributed by atoms with Crippen molar-refractivity contribution in [3.63, 3.8) is 0 Å². The summed E-state index contributed by atoms with van der Waals surface area (Å²) in [6.45, 7) is -0.199. The maximum atomic E-state index is 11.9. The van der Waals surface area contributed by atoms with Crippen molar-refractivity contribution in [2.24, 2.45) is 11.5 Å². The summed E-state index contributed by atoms with van der Waals surface area (Å²) in [4.78, 5) is 56.8. The van der Waals surface area contributed by atoms with Gasteiger partial charge in [0.25, 0.3) is 0 Å². The van der Waals surface area contributed by atoms with Crippen LogP contribution in [0.3, 0.4) is 0 Å². The van der Waals surface area contributed by atoms with E-state index in [9.17, 15) is 24.0 Å². The van der Waals surface area contributed by atoms with Gasteiger partial charge in [-0.25, -0.2) is 4.79 Å². The Morgan fingerprint density at radius 1 is 1.04 bits per heavy atom. The Kier molecular flexibility index (Phi) is 9.80. The van der Waals surface area contributed by atoms with Crippen molar-refractivity contribution in [3.05, 3.63) is 0 Å². The summed E-state index contributed by atoms with van der Waals surface area (Å²) in [5.74, 6) is -5.26. The molecule has 0 aliphatic carbocycles. The lowest BCUT2D eigenvalue weighted by Crippen LogP contribution is -2.56. The highest BCUT2D eigenvalue weighted by molar-refractivity contribution is 5.93. The van der Waals surface area contributed by atoms with E-state index in [-0.39, 0.29) is 0 Å². The fourth-order valence-electron chi connectivity index (χ4n) is 1.62. The molecule has 10 N–H and O–H groups in total. The summed E-state index contributed by atoms with van der Waals surface area (Å²) >= 11 is 0. The normalized spacial score (nSPS) is 15.1. The van der Waals surface area contributed by atoms with E-state index in [1.165, 1.54) is 6.92 Å². The molecule has 0 heterocycles. The van der Waals surface area contributed by atoms with E-state index in [2.05, 4.69) is 10.6 Å². The van der Waals surface area contributed by atoms with E-state index in [0.717, 1.165) is 0 Å². The molecule has 0 aromatic heterocycles. The largest absolute Gasteiger partial charge is 0.480 e.